The van der Waals surface area contributed by atoms with Crippen LogP contribution in [-0.2, 0) is 16.0 Å². The quantitative estimate of drug-likeness (QED) is 0.910. The molecule has 0 saturated carbocycles. The topological polar surface area (TPSA) is 73.4 Å². The summed E-state index contributed by atoms with van der Waals surface area (Å²) in [6.45, 7) is 1.03. The predicted octanol–water partition coefficient (Wildman–Crippen LogP) is 2.42. The van der Waals surface area contributed by atoms with Gasteiger partial charge in [0.15, 0.2) is 0 Å². The van der Waals surface area contributed by atoms with E-state index in [0.717, 1.165) is 22.9 Å². The van der Waals surface area contributed by atoms with Gasteiger partial charge < -0.3 is 15.0 Å². The highest BCUT2D eigenvalue weighted by Gasteiger charge is 2.27. The van der Waals surface area contributed by atoms with Crippen molar-refractivity contribution in [2.75, 3.05) is 13.1 Å². The van der Waals surface area contributed by atoms with E-state index in [1.54, 1.807) is 4.90 Å². The fourth-order valence-electron chi connectivity index (χ4n) is 3.14. The number of benzene rings is 1. The molecule has 1 unspecified atom stereocenters. The average molecular weight is 300 g/mol. The number of aryl methyl sites for hydroxylation is 1. The van der Waals surface area contributed by atoms with Crippen molar-refractivity contribution in [2.45, 2.75) is 25.7 Å². The van der Waals surface area contributed by atoms with Gasteiger partial charge >= 0.3 is 5.97 Å². The van der Waals surface area contributed by atoms with Crippen molar-refractivity contribution in [3.8, 4) is 0 Å². The van der Waals surface area contributed by atoms with Gasteiger partial charge in [-0.15, -0.1) is 0 Å². The Balaban J connectivity index is 1.61. The Hall–Kier alpha value is -2.30. The third-order valence-electron chi connectivity index (χ3n) is 4.41. The van der Waals surface area contributed by atoms with E-state index in [9.17, 15) is 9.59 Å². The average Bonchev–Trinajstić information content (AvgIpc) is 2.96. The lowest BCUT2D eigenvalue weighted by molar-refractivity contribution is -0.145. The number of aliphatic carboxylic acids is 1. The van der Waals surface area contributed by atoms with E-state index in [4.69, 9.17) is 5.11 Å². The fraction of sp³-hybridized carbons (Fsp3) is 0.412. The van der Waals surface area contributed by atoms with Crippen molar-refractivity contribution >= 4 is 22.8 Å². The second-order valence-corrected chi connectivity index (χ2v) is 5.88. The van der Waals surface area contributed by atoms with Crippen LogP contribution in [0.3, 0.4) is 0 Å². The number of aromatic amines is 1. The highest BCUT2D eigenvalue weighted by molar-refractivity contribution is 5.84. The Morgan fingerprint density at radius 2 is 2.14 bits per heavy atom. The normalized spacial score (nSPS) is 18.5. The summed E-state index contributed by atoms with van der Waals surface area (Å²) < 4.78 is 0. The predicted molar refractivity (Wildman–Crippen MR) is 83.6 cm³/mol. The Labute approximate surface area is 128 Å². The molecule has 116 valence electrons. The highest BCUT2D eigenvalue weighted by Crippen LogP contribution is 2.21. The van der Waals surface area contributed by atoms with Crippen LogP contribution < -0.4 is 0 Å². The molecule has 5 nitrogen and oxygen atoms in total. The Morgan fingerprint density at radius 1 is 1.32 bits per heavy atom. The summed E-state index contributed by atoms with van der Waals surface area (Å²) in [6.07, 6.45) is 4.50. The minimum atomic E-state index is -0.797. The third kappa shape index (κ3) is 2.98. The maximum Gasteiger partial charge on any atom is 0.308 e. The first-order valence-corrected chi connectivity index (χ1v) is 7.70. The fourth-order valence-corrected chi connectivity index (χ4v) is 3.14. The van der Waals surface area contributed by atoms with Gasteiger partial charge in [-0.3, -0.25) is 9.59 Å². The number of carbonyl (C=O) groups is 2. The molecule has 2 aromatic rings. The minimum Gasteiger partial charge on any atom is -0.481 e. The first-order valence-electron chi connectivity index (χ1n) is 7.70. The standard InChI is InChI=1S/C17H20N2O3/c20-16(19-9-3-4-13(11-19)17(21)22)8-7-12-10-18-15-6-2-1-5-14(12)15/h1-2,5-6,10,13,18H,3-4,7-9,11H2,(H,21,22). The number of aromatic nitrogens is 1. The second kappa shape index (κ2) is 6.22. The molecule has 1 aliphatic rings. The molecule has 1 aliphatic heterocycles. The molecular formula is C17H20N2O3. The number of nitrogens with zero attached hydrogens (tertiary/aromatic N) is 1. The van der Waals surface area contributed by atoms with Crippen LogP contribution in [0.15, 0.2) is 30.5 Å². The summed E-state index contributed by atoms with van der Waals surface area (Å²) in [5.41, 5.74) is 2.21. The number of para-hydroxylation sites is 1. The van der Waals surface area contributed by atoms with Crippen molar-refractivity contribution in [1.29, 1.82) is 0 Å². The number of nitrogens with one attached hydrogen (secondary N) is 1. The largest absolute Gasteiger partial charge is 0.481 e. The number of fused-ring (bicyclic) bond motifs is 1. The number of likely N-dealkylation sites (tertiary alicyclic amines) is 1. The number of H-pyrrole nitrogens is 1. The minimum absolute atomic E-state index is 0.0521. The van der Waals surface area contributed by atoms with Gasteiger partial charge in [0.25, 0.3) is 0 Å². The lowest BCUT2D eigenvalue weighted by Gasteiger charge is -2.30. The van der Waals surface area contributed by atoms with Gasteiger partial charge in [0.2, 0.25) is 5.91 Å². The molecule has 3 rings (SSSR count). The third-order valence-corrected chi connectivity index (χ3v) is 4.41. The van der Waals surface area contributed by atoms with Crippen molar-refractivity contribution in [2.24, 2.45) is 5.92 Å². The van der Waals surface area contributed by atoms with Crippen LogP contribution >= 0.6 is 0 Å². The van der Waals surface area contributed by atoms with E-state index in [1.165, 1.54) is 0 Å². The zero-order chi connectivity index (χ0) is 15.5. The van der Waals surface area contributed by atoms with E-state index in [2.05, 4.69) is 4.98 Å². The van der Waals surface area contributed by atoms with Crippen LogP contribution in [0.1, 0.15) is 24.8 Å². The maximum absolute atomic E-state index is 12.3. The van der Waals surface area contributed by atoms with E-state index >= 15 is 0 Å². The zero-order valence-corrected chi connectivity index (χ0v) is 12.4. The molecule has 0 radical (unpaired) electrons. The molecule has 2 N–H and O–H groups in total. The molecule has 5 heteroatoms. The number of carbonyl (C=O) groups excluding carboxylic acids is 1. The molecule has 0 bridgehead atoms. The lowest BCUT2D eigenvalue weighted by atomic mass is 9.97. The number of carboxylic acid groups (broad SMARTS) is 1. The molecule has 0 aliphatic carbocycles. The van der Waals surface area contributed by atoms with Gasteiger partial charge in [0.05, 0.1) is 5.92 Å². The summed E-state index contributed by atoms with van der Waals surface area (Å²) in [7, 11) is 0. The number of piperidine rings is 1. The molecule has 1 aromatic carbocycles. The summed E-state index contributed by atoms with van der Waals surface area (Å²) in [4.78, 5) is 28.3. The molecule has 1 amide bonds. The molecule has 1 fully saturated rings. The van der Waals surface area contributed by atoms with Crippen molar-refractivity contribution in [1.82, 2.24) is 9.88 Å². The second-order valence-electron chi connectivity index (χ2n) is 5.88. The van der Waals surface area contributed by atoms with Crippen molar-refractivity contribution < 1.29 is 14.7 Å². The van der Waals surface area contributed by atoms with Crippen molar-refractivity contribution in [3.05, 3.63) is 36.0 Å². The van der Waals surface area contributed by atoms with Crippen LogP contribution in [-0.4, -0.2) is 40.0 Å². The van der Waals surface area contributed by atoms with Crippen LogP contribution in [0.25, 0.3) is 10.9 Å². The highest BCUT2D eigenvalue weighted by atomic mass is 16.4. The van der Waals surface area contributed by atoms with Crippen LogP contribution in [0.2, 0.25) is 0 Å². The molecule has 1 aromatic heterocycles. The SMILES string of the molecule is O=C(O)C1CCCN(C(=O)CCc2c[nH]c3ccccc23)C1. The number of hydrogen-bond donors (Lipinski definition) is 2. The zero-order valence-electron chi connectivity index (χ0n) is 12.4. The van der Waals surface area contributed by atoms with Crippen LogP contribution in [0.4, 0.5) is 0 Å². The summed E-state index contributed by atoms with van der Waals surface area (Å²) in [5, 5.41) is 10.2. The molecule has 1 saturated heterocycles. The summed E-state index contributed by atoms with van der Waals surface area (Å²) in [6, 6.07) is 8.03. The molecule has 1 atom stereocenters. The number of rotatable bonds is 4. The molecule has 2 heterocycles. The number of amides is 1. The van der Waals surface area contributed by atoms with Gasteiger partial charge in [0, 0.05) is 36.6 Å². The number of hydrogen-bond acceptors (Lipinski definition) is 2. The van der Waals surface area contributed by atoms with Gasteiger partial charge in [-0.05, 0) is 30.9 Å². The van der Waals surface area contributed by atoms with E-state index < -0.39 is 11.9 Å². The molecule has 0 spiro atoms. The Kier molecular flexibility index (Phi) is 4.13. The molecular weight excluding hydrogens is 280 g/mol. The van der Waals surface area contributed by atoms with E-state index in [-0.39, 0.29) is 5.91 Å². The lowest BCUT2D eigenvalue weighted by Crippen LogP contribution is -2.42. The first kappa shape index (κ1) is 14.6. The Morgan fingerprint density at radius 3 is 2.95 bits per heavy atom. The van der Waals surface area contributed by atoms with E-state index in [1.807, 2.05) is 30.5 Å². The summed E-state index contributed by atoms with van der Waals surface area (Å²) in [5.74, 6) is -1.16. The van der Waals surface area contributed by atoms with Crippen LogP contribution in [0.5, 0.6) is 0 Å². The van der Waals surface area contributed by atoms with E-state index in [0.29, 0.717) is 32.4 Å². The van der Waals surface area contributed by atoms with Gasteiger partial charge in [-0.1, -0.05) is 18.2 Å². The molecule has 22 heavy (non-hydrogen) atoms. The van der Waals surface area contributed by atoms with Crippen molar-refractivity contribution in [3.63, 3.8) is 0 Å². The number of carboxylic acids is 1. The van der Waals surface area contributed by atoms with Gasteiger partial charge in [0.1, 0.15) is 0 Å². The summed E-state index contributed by atoms with van der Waals surface area (Å²) >= 11 is 0. The maximum atomic E-state index is 12.3. The van der Waals surface area contributed by atoms with Gasteiger partial charge in [-0.2, -0.15) is 0 Å². The smallest absolute Gasteiger partial charge is 0.308 e. The first-order chi connectivity index (χ1) is 10.6. The van der Waals surface area contributed by atoms with Gasteiger partial charge in [-0.25, -0.2) is 0 Å². The van der Waals surface area contributed by atoms with Crippen LogP contribution in [0, 0.1) is 5.92 Å². The monoisotopic (exact) mass is 300 g/mol. The Bertz CT molecular complexity index is 692.